The van der Waals surface area contributed by atoms with E-state index >= 15 is 0 Å². The SMILES string of the molecule is CC.CC/C=C(/Sc1cc(C(F)(F)P)ccc1C)C1CCCN1. The number of rotatable bonds is 5. The summed E-state index contributed by atoms with van der Waals surface area (Å²) >= 11 is 1.62. The number of hydrogen-bond donors (Lipinski definition) is 1. The third kappa shape index (κ3) is 6.17. The van der Waals surface area contributed by atoms with Gasteiger partial charge in [0, 0.05) is 21.4 Å². The zero-order valence-electron chi connectivity index (χ0n) is 14.5. The molecule has 1 aromatic carbocycles. The number of hydrogen-bond acceptors (Lipinski definition) is 2. The molecule has 0 bridgehead atoms. The number of aryl methyl sites for hydroxylation is 1. The Balaban J connectivity index is 0.00000127. The van der Waals surface area contributed by atoms with Crippen LogP contribution in [0.4, 0.5) is 8.78 Å². The Morgan fingerprint density at radius 3 is 2.65 bits per heavy atom. The van der Waals surface area contributed by atoms with Crippen molar-refractivity contribution in [1.29, 1.82) is 0 Å². The minimum atomic E-state index is -2.87. The molecule has 2 rings (SSSR count). The molecule has 0 aromatic heterocycles. The molecule has 0 radical (unpaired) electrons. The van der Waals surface area contributed by atoms with Crippen LogP contribution in [0.1, 0.15) is 51.2 Å². The molecule has 1 N–H and O–H groups in total. The average Bonchev–Trinajstić information content (AvgIpc) is 3.04. The van der Waals surface area contributed by atoms with Gasteiger partial charge in [0.2, 0.25) is 0 Å². The molecule has 0 spiro atoms. The summed E-state index contributed by atoms with van der Waals surface area (Å²) in [7, 11) is 1.61. The minimum Gasteiger partial charge on any atom is -0.309 e. The van der Waals surface area contributed by atoms with Crippen LogP contribution >= 0.6 is 21.0 Å². The lowest BCUT2D eigenvalue weighted by Crippen LogP contribution is -2.22. The summed E-state index contributed by atoms with van der Waals surface area (Å²) in [5.41, 5.74) is -1.78. The van der Waals surface area contributed by atoms with Crippen molar-refractivity contribution >= 4 is 21.0 Å². The maximum absolute atomic E-state index is 13.5. The molecule has 0 aliphatic carbocycles. The highest BCUT2D eigenvalue weighted by molar-refractivity contribution is 8.03. The van der Waals surface area contributed by atoms with Gasteiger partial charge in [0.15, 0.2) is 0 Å². The lowest BCUT2D eigenvalue weighted by Gasteiger charge is -2.18. The van der Waals surface area contributed by atoms with Crippen LogP contribution in [0.2, 0.25) is 0 Å². The summed E-state index contributed by atoms with van der Waals surface area (Å²) < 4.78 is 27.0. The van der Waals surface area contributed by atoms with E-state index in [1.807, 2.05) is 20.8 Å². The molecule has 1 nitrogen and oxygen atoms in total. The predicted octanol–water partition coefficient (Wildman–Crippen LogP) is 6.08. The van der Waals surface area contributed by atoms with Gasteiger partial charge in [0.05, 0.1) is 0 Å². The number of allylic oxidation sites excluding steroid dienone is 1. The van der Waals surface area contributed by atoms with E-state index in [2.05, 4.69) is 18.3 Å². The van der Waals surface area contributed by atoms with Gasteiger partial charge in [-0.1, -0.05) is 60.0 Å². The standard InChI is InChI=1S/C16H22F2NPS.C2H6/c1-3-5-14(13-6-4-9-19-13)21-15-10-12(16(17,18)20)8-7-11(15)2;1-2/h5,7-8,10,13,19H,3-4,6,9,20H2,1-2H3;1-2H3/b14-5+;. The van der Waals surface area contributed by atoms with Crippen LogP contribution in [0.5, 0.6) is 0 Å². The van der Waals surface area contributed by atoms with Gasteiger partial charge in [-0.25, -0.2) is 0 Å². The molecular formula is C18H28F2NPS. The molecule has 1 aliphatic rings. The van der Waals surface area contributed by atoms with Crippen molar-refractivity contribution in [3.8, 4) is 0 Å². The molecule has 0 saturated carbocycles. The maximum atomic E-state index is 13.5. The summed E-state index contributed by atoms with van der Waals surface area (Å²) in [5.74, 6) is 0. The first-order chi connectivity index (χ1) is 10.9. The smallest absolute Gasteiger partial charge is 0.283 e. The van der Waals surface area contributed by atoms with E-state index in [9.17, 15) is 8.78 Å². The van der Waals surface area contributed by atoms with Gasteiger partial charge in [0.25, 0.3) is 5.66 Å². The Morgan fingerprint density at radius 1 is 1.43 bits per heavy atom. The van der Waals surface area contributed by atoms with Crippen LogP contribution in [-0.2, 0) is 5.66 Å². The Hall–Kier alpha value is -0.440. The molecular weight excluding hydrogens is 331 g/mol. The average molecular weight is 359 g/mol. The van der Waals surface area contributed by atoms with E-state index in [4.69, 9.17) is 0 Å². The van der Waals surface area contributed by atoms with Crippen molar-refractivity contribution in [2.75, 3.05) is 6.54 Å². The van der Waals surface area contributed by atoms with Gasteiger partial charge in [-0.15, -0.1) is 0 Å². The fraction of sp³-hybridized carbons (Fsp3) is 0.556. The summed E-state index contributed by atoms with van der Waals surface area (Å²) in [6, 6.07) is 5.27. The van der Waals surface area contributed by atoms with Crippen LogP contribution in [0.25, 0.3) is 0 Å². The van der Waals surface area contributed by atoms with Gasteiger partial charge in [-0.3, -0.25) is 0 Å². The second-order valence-corrected chi connectivity index (χ2v) is 7.21. The molecule has 0 amide bonds. The summed E-state index contributed by atoms with van der Waals surface area (Å²) in [5, 5.41) is 3.48. The van der Waals surface area contributed by atoms with Crippen LogP contribution < -0.4 is 5.32 Å². The van der Waals surface area contributed by atoms with E-state index in [1.54, 1.807) is 33.1 Å². The predicted molar refractivity (Wildman–Crippen MR) is 101 cm³/mol. The third-order valence-corrected chi connectivity index (χ3v) is 5.29. The van der Waals surface area contributed by atoms with Gasteiger partial charge in [0.1, 0.15) is 0 Å². The first-order valence-electron chi connectivity index (χ1n) is 8.31. The number of thioether (sulfide) groups is 1. The number of halogens is 2. The largest absolute Gasteiger partial charge is 0.309 e. The van der Waals surface area contributed by atoms with Crippen molar-refractivity contribution in [1.82, 2.24) is 5.32 Å². The zero-order valence-corrected chi connectivity index (χ0v) is 16.4. The molecule has 1 aromatic rings. The zero-order chi connectivity index (χ0) is 17.5. The normalized spacial score (nSPS) is 18.6. The van der Waals surface area contributed by atoms with E-state index in [0.29, 0.717) is 6.04 Å². The van der Waals surface area contributed by atoms with Crippen molar-refractivity contribution in [2.24, 2.45) is 0 Å². The first-order valence-corrected chi connectivity index (χ1v) is 9.70. The molecule has 5 heteroatoms. The quantitative estimate of drug-likeness (QED) is 0.505. The first kappa shape index (κ1) is 20.6. The third-order valence-electron chi connectivity index (χ3n) is 3.61. The van der Waals surface area contributed by atoms with E-state index < -0.39 is 5.66 Å². The lowest BCUT2D eigenvalue weighted by molar-refractivity contribution is 0.104. The molecule has 23 heavy (non-hydrogen) atoms. The van der Waals surface area contributed by atoms with Crippen LogP contribution in [0, 0.1) is 6.92 Å². The Labute approximate surface area is 145 Å². The number of nitrogens with one attached hydrogen (secondary N) is 1. The van der Waals surface area contributed by atoms with Crippen molar-refractivity contribution in [2.45, 2.75) is 63.6 Å². The topological polar surface area (TPSA) is 12.0 Å². The lowest BCUT2D eigenvalue weighted by atomic mass is 10.1. The summed E-state index contributed by atoms with van der Waals surface area (Å²) in [6.07, 6.45) is 5.46. The summed E-state index contributed by atoms with van der Waals surface area (Å²) in [4.78, 5) is 2.17. The Bertz CT molecular complexity index is 520. The van der Waals surface area contributed by atoms with Gasteiger partial charge in [-0.2, -0.15) is 8.78 Å². The highest BCUT2D eigenvalue weighted by Gasteiger charge is 2.26. The van der Waals surface area contributed by atoms with Gasteiger partial charge >= 0.3 is 0 Å². The van der Waals surface area contributed by atoms with Crippen LogP contribution in [-0.4, -0.2) is 12.6 Å². The minimum absolute atomic E-state index is 0.0517. The number of alkyl halides is 2. The maximum Gasteiger partial charge on any atom is 0.283 e. The fourth-order valence-electron chi connectivity index (χ4n) is 2.43. The molecule has 130 valence electrons. The van der Waals surface area contributed by atoms with E-state index in [1.165, 1.54) is 17.4 Å². The van der Waals surface area contributed by atoms with Crippen molar-refractivity contribution < 1.29 is 8.78 Å². The van der Waals surface area contributed by atoms with Gasteiger partial charge < -0.3 is 5.32 Å². The van der Waals surface area contributed by atoms with Crippen molar-refractivity contribution in [3.63, 3.8) is 0 Å². The monoisotopic (exact) mass is 359 g/mol. The van der Waals surface area contributed by atoms with E-state index in [-0.39, 0.29) is 5.56 Å². The molecule has 1 saturated heterocycles. The highest BCUT2D eigenvalue weighted by Crippen LogP contribution is 2.40. The molecule has 1 fully saturated rings. The van der Waals surface area contributed by atoms with Crippen LogP contribution in [0.15, 0.2) is 34.1 Å². The molecule has 2 unspecified atom stereocenters. The van der Waals surface area contributed by atoms with Gasteiger partial charge in [-0.05, 0) is 44.4 Å². The fourth-order valence-corrected chi connectivity index (χ4v) is 3.87. The summed E-state index contributed by atoms with van der Waals surface area (Å²) in [6.45, 7) is 9.11. The number of benzene rings is 1. The Morgan fingerprint density at radius 2 is 2.13 bits per heavy atom. The Kier molecular flexibility index (Phi) is 8.74. The molecule has 1 aliphatic heterocycles. The van der Waals surface area contributed by atoms with E-state index in [0.717, 1.165) is 29.8 Å². The highest BCUT2D eigenvalue weighted by atomic mass is 32.2. The molecule has 2 atom stereocenters. The second-order valence-electron chi connectivity index (χ2n) is 5.37. The van der Waals surface area contributed by atoms with Crippen molar-refractivity contribution in [3.05, 3.63) is 40.3 Å². The molecule has 1 heterocycles. The second kappa shape index (κ2) is 9.76. The van der Waals surface area contributed by atoms with Crippen LogP contribution in [0.3, 0.4) is 0 Å².